The number of hydrogen-bond donors (Lipinski definition) is 2. The van der Waals surface area contributed by atoms with Crippen LogP contribution in [0.4, 0.5) is 0 Å². The molecule has 1 heterocycles. The van der Waals surface area contributed by atoms with Gasteiger partial charge in [0.05, 0.1) is 12.0 Å². The van der Waals surface area contributed by atoms with Gasteiger partial charge in [-0.25, -0.2) is 0 Å². The van der Waals surface area contributed by atoms with Gasteiger partial charge in [0.25, 0.3) is 0 Å². The highest BCUT2D eigenvalue weighted by Gasteiger charge is 2.34. The van der Waals surface area contributed by atoms with E-state index in [1.807, 2.05) is 0 Å². The van der Waals surface area contributed by atoms with Gasteiger partial charge >= 0.3 is 5.97 Å². The molecule has 1 aliphatic heterocycles. The molecule has 0 bridgehead atoms. The summed E-state index contributed by atoms with van der Waals surface area (Å²) in [6.07, 6.45) is 0.988. The summed E-state index contributed by atoms with van der Waals surface area (Å²) in [4.78, 5) is 11.1. The molecule has 4 heteroatoms. The Hall–Kier alpha value is -0.610. The fourth-order valence-electron chi connectivity index (χ4n) is 1.64. The molecule has 1 saturated heterocycles. The molecule has 4 nitrogen and oxygen atoms in total. The summed E-state index contributed by atoms with van der Waals surface area (Å²) in [6.45, 7) is 1.69. The van der Waals surface area contributed by atoms with Crippen LogP contribution in [-0.4, -0.2) is 35.0 Å². The van der Waals surface area contributed by atoms with Crippen molar-refractivity contribution in [1.82, 2.24) is 0 Å². The molecular weight excluding hydrogens is 172 g/mol. The molecule has 13 heavy (non-hydrogen) atoms. The first-order valence-corrected chi connectivity index (χ1v) is 4.63. The summed E-state index contributed by atoms with van der Waals surface area (Å²) in [6, 6.07) is 0. The summed E-state index contributed by atoms with van der Waals surface area (Å²) in [5, 5.41) is 17.7. The van der Waals surface area contributed by atoms with E-state index in [0.29, 0.717) is 19.3 Å². The van der Waals surface area contributed by atoms with E-state index in [1.165, 1.54) is 0 Å². The van der Waals surface area contributed by atoms with Gasteiger partial charge in [0.1, 0.15) is 6.10 Å². The van der Waals surface area contributed by atoms with Crippen molar-refractivity contribution in [3.8, 4) is 0 Å². The number of aliphatic hydroxyl groups excluding tert-OH is 2. The second-order valence-electron chi connectivity index (χ2n) is 3.59. The fourth-order valence-corrected chi connectivity index (χ4v) is 1.64. The molecule has 0 aromatic carbocycles. The van der Waals surface area contributed by atoms with Gasteiger partial charge in [-0.1, -0.05) is 0 Å². The van der Waals surface area contributed by atoms with Crippen LogP contribution in [0.25, 0.3) is 0 Å². The molecule has 0 saturated carbocycles. The highest BCUT2D eigenvalue weighted by molar-refractivity contribution is 5.74. The normalized spacial score (nSPS) is 30.2. The topological polar surface area (TPSA) is 66.8 Å². The lowest BCUT2D eigenvalue weighted by Crippen LogP contribution is -2.14. The molecule has 0 aliphatic carbocycles. The molecule has 1 aliphatic rings. The largest absolute Gasteiger partial charge is 0.462 e. The Morgan fingerprint density at radius 2 is 2.38 bits per heavy atom. The van der Waals surface area contributed by atoms with Crippen LogP contribution in [0, 0.1) is 5.92 Å². The SMILES string of the molecule is C[C@H](O)C[C@@H]1C[C@@H](CCO)C(=O)O1. The average Bonchev–Trinajstić information content (AvgIpc) is 2.31. The van der Waals surface area contributed by atoms with Crippen molar-refractivity contribution < 1.29 is 19.7 Å². The number of ether oxygens (including phenoxy) is 1. The standard InChI is InChI=1S/C9H16O4/c1-6(11)4-8-5-7(2-3-10)9(12)13-8/h6-8,10-11H,2-5H2,1H3/t6-,7+,8+/m0/s1. The molecule has 3 atom stereocenters. The molecule has 0 radical (unpaired) electrons. The van der Waals surface area contributed by atoms with Crippen molar-refractivity contribution in [3.05, 3.63) is 0 Å². The van der Waals surface area contributed by atoms with Crippen molar-refractivity contribution in [2.24, 2.45) is 5.92 Å². The molecule has 1 fully saturated rings. The summed E-state index contributed by atoms with van der Waals surface area (Å²) in [5.41, 5.74) is 0. The second-order valence-corrected chi connectivity index (χ2v) is 3.59. The minimum atomic E-state index is -0.439. The number of carbonyl (C=O) groups excluding carboxylic acids is 1. The van der Waals surface area contributed by atoms with Crippen molar-refractivity contribution in [2.75, 3.05) is 6.61 Å². The lowest BCUT2D eigenvalue weighted by molar-refractivity contribution is -0.145. The number of cyclic esters (lactones) is 1. The van der Waals surface area contributed by atoms with Crippen LogP contribution in [0.5, 0.6) is 0 Å². The van der Waals surface area contributed by atoms with Crippen LogP contribution >= 0.6 is 0 Å². The molecule has 0 spiro atoms. The smallest absolute Gasteiger partial charge is 0.309 e. The number of hydrogen-bond acceptors (Lipinski definition) is 4. The zero-order chi connectivity index (χ0) is 9.84. The van der Waals surface area contributed by atoms with Gasteiger partial charge in [-0.3, -0.25) is 4.79 Å². The quantitative estimate of drug-likeness (QED) is 0.613. The third kappa shape index (κ3) is 2.97. The molecule has 2 N–H and O–H groups in total. The van der Waals surface area contributed by atoms with Crippen molar-refractivity contribution in [1.29, 1.82) is 0 Å². The summed E-state index contributed by atoms with van der Waals surface area (Å²) >= 11 is 0. The van der Waals surface area contributed by atoms with Crippen LogP contribution < -0.4 is 0 Å². The molecule has 0 aromatic heterocycles. The Bertz CT molecular complexity index is 178. The minimum absolute atomic E-state index is 0.0150. The molecule has 0 unspecified atom stereocenters. The third-order valence-corrected chi connectivity index (χ3v) is 2.25. The average molecular weight is 188 g/mol. The van der Waals surface area contributed by atoms with E-state index in [4.69, 9.17) is 14.9 Å². The van der Waals surface area contributed by atoms with E-state index in [0.717, 1.165) is 0 Å². The predicted octanol–water partition coefficient (Wildman–Crippen LogP) is 0.0714. The molecule has 76 valence electrons. The zero-order valence-corrected chi connectivity index (χ0v) is 7.77. The van der Waals surface area contributed by atoms with E-state index >= 15 is 0 Å². The molecular formula is C9H16O4. The van der Waals surface area contributed by atoms with Gasteiger partial charge in [-0.15, -0.1) is 0 Å². The maximum Gasteiger partial charge on any atom is 0.309 e. The first kappa shape index (κ1) is 10.5. The summed E-state index contributed by atoms with van der Waals surface area (Å²) < 4.78 is 5.03. The number of aliphatic hydroxyl groups is 2. The van der Waals surface area contributed by atoms with Crippen LogP contribution in [0.15, 0.2) is 0 Å². The summed E-state index contributed by atoms with van der Waals surface area (Å²) in [5.74, 6) is -0.409. The van der Waals surface area contributed by atoms with E-state index in [9.17, 15) is 4.79 Å². The van der Waals surface area contributed by atoms with Crippen LogP contribution in [0.3, 0.4) is 0 Å². The third-order valence-electron chi connectivity index (χ3n) is 2.25. The summed E-state index contributed by atoms with van der Waals surface area (Å²) in [7, 11) is 0. The Balaban J connectivity index is 2.36. The van der Waals surface area contributed by atoms with E-state index < -0.39 is 6.10 Å². The van der Waals surface area contributed by atoms with Gasteiger partial charge in [-0.2, -0.15) is 0 Å². The Labute approximate surface area is 77.5 Å². The zero-order valence-electron chi connectivity index (χ0n) is 7.77. The van der Waals surface area contributed by atoms with E-state index in [2.05, 4.69) is 0 Å². The van der Waals surface area contributed by atoms with Crippen molar-refractivity contribution >= 4 is 5.97 Å². The minimum Gasteiger partial charge on any atom is -0.462 e. The second kappa shape index (κ2) is 4.58. The van der Waals surface area contributed by atoms with Crippen LogP contribution in [-0.2, 0) is 9.53 Å². The number of esters is 1. The Morgan fingerprint density at radius 3 is 2.92 bits per heavy atom. The first-order chi connectivity index (χ1) is 6.13. The van der Waals surface area contributed by atoms with E-state index in [1.54, 1.807) is 6.92 Å². The molecule has 0 aromatic rings. The first-order valence-electron chi connectivity index (χ1n) is 4.63. The van der Waals surface area contributed by atoms with Crippen molar-refractivity contribution in [3.63, 3.8) is 0 Å². The molecule has 1 rings (SSSR count). The van der Waals surface area contributed by atoms with Crippen LogP contribution in [0.2, 0.25) is 0 Å². The van der Waals surface area contributed by atoms with Crippen molar-refractivity contribution in [2.45, 2.75) is 38.4 Å². The number of carbonyl (C=O) groups is 1. The molecule has 0 amide bonds. The Morgan fingerprint density at radius 1 is 1.69 bits per heavy atom. The fraction of sp³-hybridized carbons (Fsp3) is 0.889. The van der Waals surface area contributed by atoms with Gasteiger partial charge in [0.2, 0.25) is 0 Å². The Kier molecular flexibility index (Phi) is 3.69. The lowest BCUT2D eigenvalue weighted by Gasteiger charge is -2.09. The monoisotopic (exact) mass is 188 g/mol. The van der Waals surface area contributed by atoms with E-state index in [-0.39, 0.29) is 24.6 Å². The maximum absolute atomic E-state index is 11.1. The van der Waals surface area contributed by atoms with Gasteiger partial charge in [0, 0.05) is 13.0 Å². The predicted molar refractivity (Wildman–Crippen MR) is 46.0 cm³/mol. The van der Waals surface area contributed by atoms with Gasteiger partial charge in [-0.05, 0) is 19.8 Å². The van der Waals surface area contributed by atoms with Crippen LogP contribution in [0.1, 0.15) is 26.2 Å². The van der Waals surface area contributed by atoms with Gasteiger partial charge < -0.3 is 14.9 Å². The lowest BCUT2D eigenvalue weighted by atomic mass is 9.99. The number of rotatable bonds is 4. The highest BCUT2D eigenvalue weighted by Crippen LogP contribution is 2.26. The maximum atomic E-state index is 11.1. The highest BCUT2D eigenvalue weighted by atomic mass is 16.6. The van der Waals surface area contributed by atoms with Gasteiger partial charge in [0.15, 0.2) is 0 Å².